The third-order valence-corrected chi connectivity index (χ3v) is 5.11. The molecule has 0 bridgehead atoms. The normalized spacial score (nSPS) is 16.5. The summed E-state index contributed by atoms with van der Waals surface area (Å²) in [7, 11) is 0. The average molecular weight is 344 g/mol. The van der Waals surface area contributed by atoms with Crippen LogP contribution in [0.5, 0.6) is 0 Å². The first-order chi connectivity index (χ1) is 12.8. The summed E-state index contributed by atoms with van der Waals surface area (Å²) < 4.78 is 6.06. The van der Waals surface area contributed by atoms with Gasteiger partial charge in [0.1, 0.15) is 11.5 Å². The standard InChI is InChI=1S/C22H20N2O2/c25-22(18-12-20(15-6-7-15)26-21(18)16-8-9-16)24-19-13-23-11-10-17(19)14-4-2-1-3-5-14/h1-5,10-13,15-16H,6-9H2,(H,24,25). The minimum absolute atomic E-state index is 0.104. The number of carbonyl (C=O) groups excluding carboxylic acids is 1. The molecule has 5 rings (SSSR count). The quantitative estimate of drug-likeness (QED) is 0.679. The van der Waals surface area contributed by atoms with Crippen LogP contribution in [0.1, 0.15) is 59.4 Å². The van der Waals surface area contributed by atoms with Gasteiger partial charge in [0.2, 0.25) is 0 Å². The highest BCUT2D eigenvalue weighted by Crippen LogP contribution is 2.47. The molecule has 2 aliphatic rings. The van der Waals surface area contributed by atoms with Crippen LogP contribution in [-0.2, 0) is 0 Å². The zero-order chi connectivity index (χ0) is 17.5. The summed E-state index contributed by atoms with van der Waals surface area (Å²) in [6.45, 7) is 0. The number of rotatable bonds is 5. The predicted octanol–water partition coefficient (Wildman–Crippen LogP) is 5.35. The number of furan rings is 1. The Morgan fingerprint density at radius 3 is 2.54 bits per heavy atom. The smallest absolute Gasteiger partial charge is 0.259 e. The Morgan fingerprint density at radius 2 is 1.81 bits per heavy atom. The number of amides is 1. The maximum absolute atomic E-state index is 13.0. The van der Waals surface area contributed by atoms with Crippen molar-refractivity contribution < 1.29 is 9.21 Å². The molecule has 2 aliphatic carbocycles. The molecule has 2 saturated carbocycles. The molecule has 0 aliphatic heterocycles. The van der Waals surface area contributed by atoms with Crippen LogP contribution in [0.4, 0.5) is 5.69 Å². The fourth-order valence-corrected chi connectivity index (χ4v) is 3.37. The Kier molecular flexibility index (Phi) is 3.63. The molecule has 2 heterocycles. The molecule has 3 aromatic rings. The topological polar surface area (TPSA) is 55.1 Å². The molecule has 1 aromatic carbocycles. The van der Waals surface area contributed by atoms with E-state index in [0.29, 0.717) is 17.4 Å². The van der Waals surface area contributed by atoms with Crippen LogP contribution in [0.25, 0.3) is 11.1 Å². The molecule has 1 amide bonds. The number of pyridine rings is 1. The fourth-order valence-electron chi connectivity index (χ4n) is 3.37. The van der Waals surface area contributed by atoms with Gasteiger partial charge < -0.3 is 9.73 Å². The first-order valence-corrected chi connectivity index (χ1v) is 9.24. The molecular weight excluding hydrogens is 324 g/mol. The lowest BCUT2D eigenvalue weighted by atomic mass is 10.1. The first-order valence-electron chi connectivity index (χ1n) is 9.24. The molecule has 2 fully saturated rings. The summed E-state index contributed by atoms with van der Waals surface area (Å²) in [6, 6.07) is 13.9. The average Bonchev–Trinajstić information content (AvgIpc) is 3.61. The van der Waals surface area contributed by atoms with Crippen molar-refractivity contribution in [2.45, 2.75) is 37.5 Å². The van der Waals surface area contributed by atoms with E-state index in [1.807, 2.05) is 42.5 Å². The van der Waals surface area contributed by atoms with Gasteiger partial charge in [-0.2, -0.15) is 0 Å². The monoisotopic (exact) mass is 344 g/mol. The molecule has 2 aromatic heterocycles. The van der Waals surface area contributed by atoms with Gasteiger partial charge in [0, 0.05) is 23.6 Å². The zero-order valence-electron chi connectivity index (χ0n) is 14.4. The minimum atomic E-state index is -0.104. The van der Waals surface area contributed by atoms with E-state index in [1.54, 1.807) is 12.4 Å². The molecule has 0 unspecified atom stereocenters. The van der Waals surface area contributed by atoms with E-state index < -0.39 is 0 Å². The number of aromatic nitrogens is 1. The molecule has 1 N–H and O–H groups in total. The van der Waals surface area contributed by atoms with Crippen LogP contribution >= 0.6 is 0 Å². The summed E-state index contributed by atoms with van der Waals surface area (Å²) in [6.07, 6.45) is 8.01. The lowest BCUT2D eigenvalue weighted by Gasteiger charge is -2.10. The van der Waals surface area contributed by atoms with Gasteiger partial charge in [-0.1, -0.05) is 30.3 Å². The van der Waals surface area contributed by atoms with Crippen molar-refractivity contribution in [1.29, 1.82) is 0 Å². The summed E-state index contributed by atoms with van der Waals surface area (Å²) in [5.74, 6) is 2.66. The van der Waals surface area contributed by atoms with Gasteiger partial charge in [0.15, 0.2) is 0 Å². The van der Waals surface area contributed by atoms with Crippen molar-refractivity contribution in [3.8, 4) is 11.1 Å². The fraction of sp³-hybridized carbons (Fsp3) is 0.273. The maximum Gasteiger partial charge on any atom is 0.259 e. The van der Waals surface area contributed by atoms with Crippen LogP contribution in [0, 0.1) is 0 Å². The predicted molar refractivity (Wildman–Crippen MR) is 100 cm³/mol. The Morgan fingerprint density at radius 1 is 1.04 bits per heavy atom. The maximum atomic E-state index is 13.0. The van der Waals surface area contributed by atoms with Crippen LogP contribution in [0.3, 0.4) is 0 Å². The highest BCUT2D eigenvalue weighted by molar-refractivity contribution is 6.07. The van der Waals surface area contributed by atoms with Gasteiger partial charge >= 0.3 is 0 Å². The van der Waals surface area contributed by atoms with Crippen molar-refractivity contribution in [2.75, 3.05) is 5.32 Å². The minimum Gasteiger partial charge on any atom is -0.465 e. The molecule has 0 saturated heterocycles. The molecule has 0 atom stereocenters. The van der Waals surface area contributed by atoms with E-state index in [1.165, 1.54) is 12.8 Å². The van der Waals surface area contributed by atoms with Crippen molar-refractivity contribution in [1.82, 2.24) is 4.98 Å². The van der Waals surface area contributed by atoms with E-state index in [9.17, 15) is 4.79 Å². The molecule has 26 heavy (non-hydrogen) atoms. The molecule has 4 heteroatoms. The molecule has 0 spiro atoms. The third-order valence-electron chi connectivity index (χ3n) is 5.11. The highest BCUT2D eigenvalue weighted by atomic mass is 16.3. The van der Waals surface area contributed by atoms with Crippen molar-refractivity contribution in [3.63, 3.8) is 0 Å². The second kappa shape index (κ2) is 6.13. The summed E-state index contributed by atoms with van der Waals surface area (Å²) in [5, 5.41) is 3.06. The van der Waals surface area contributed by atoms with Crippen molar-refractivity contribution in [3.05, 3.63) is 71.9 Å². The van der Waals surface area contributed by atoms with Gasteiger partial charge in [-0.25, -0.2) is 0 Å². The van der Waals surface area contributed by atoms with Gasteiger partial charge in [-0.3, -0.25) is 9.78 Å². The Bertz CT molecular complexity index is 953. The summed E-state index contributed by atoms with van der Waals surface area (Å²) in [5.41, 5.74) is 3.43. The molecule has 0 radical (unpaired) electrons. The third kappa shape index (κ3) is 2.92. The lowest BCUT2D eigenvalue weighted by Crippen LogP contribution is -2.13. The zero-order valence-corrected chi connectivity index (χ0v) is 14.4. The van der Waals surface area contributed by atoms with Crippen molar-refractivity contribution >= 4 is 11.6 Å². The highest BCUT2D eigenvalue weighted by Gasteiger charge is 2.36. The number of nitrogens with one attached hydrogen (secondary N) is 1. The summed E-state index contributed by atoms with van der Waals surface area (Å²) >= 11 is 0. The van der Waals surface area contributed by atoms with E-state index in [4.69, 9.17) is 4.42 Å². The second-order valence-electron chi connectivity index (χ2n) is 7.22. The SMILES string of the molecule is O=C(Nc1cnccc1-c1ccccc1)c1cc(C2CC2)oc1C1CC1. The number of benzene rings is 1. The van der Waals surface area contributed by atoms with Crippen molar-refractivity contribution in [2.24, 2.45) is 0 Å². The number of nitrogens with zero attached hydrogens (tertiary/aromatic N) is 1. The van der Waals surface area contributed by atoms with E-state index in [2.05, 4.69) is 10.3 Å². The second-order valence-corrected chi connectivity index (χ2v) is 7.22. The van der Waals surface area contributed by atoms with E-state index in [0.717, 1.165) is 41.2 Å². The van der Waals surface area contributed by atoms with Crippen LogP contribution in [0.15, 0.2) is 59.3 Å². The first kappa shape index (κ1) is 15.4. The van der Waals surface area contributed by atoms with Gasteiger partial charge in [0.25, 0.3) is 5.91 Å². The van der Waals surface area contributed by atoms with Crippen LogP contribution < -0.4 is 5.32 Å². The van der Waals surface area contributed by atoms with E-state index in [-0.39, 0.29) is 5.91 Å². The largest absolute Gasteiger partial charge is 0.465 e. The van der Waals surface area contributed by atoms with Crippen LogP contribution in [-0.4, -0.2) is 10.9 Å². The Balaban J connectivity index is 1.46. The summed E-state index contributed by atoms with van der Waals surface area (Å²) in [4.78, 5) is 17.2. The van der Waals surface area contributed by atoms with Gasteiger partial charge in [0.05, 0.1) is 17.4 Å². The molecular formula is C22H20N2O2. The molecule has 4 nitrogen and oxygen atoms in total. The number of anilines is 1. The number of hydrogen-bond donors (Lipinski definition) is 1. The van der Waals surface area contributed by atoms with Gasteiger partial charge in [-0.15, -0.1) is 0 Å². The lowest BCUT2D eigenvalue weighted by molar-refractivity contribution is 0.102. The Hall–Kier alpha value is -2.88. The van der Waals surface area contributed by atoms with Gasteiger partial charge in [-0.05, 0) is 43.4 Å². The molecule has 130 valence electrons. The van der Waals surface area contributed by atoms with Crippen LogP contribution in [0.2, 0.25) is 0 Å². The Labute approximate surface area is 152 Å². The number of hydrogen-bond acceptors (Lipinski definition) is 3. The van der Waals surface area contributed by atoms with E-state index >= 15 is 0 Å². The number of carbonyl (C=O) groups is 1.